The van der Waals surface area contributed by atoms with Gasteiger partial charge in [-0.25, -0.2) is 9.97 Å². The number of nitrogen functional groups attached to an aromatic ring is 1. The standard InChI is InChI=1S/C11H19N5O/c1-2-3-5-16(6-4-12)11-9(7-17)10(13)14-8-15-11/h7-8H,2-6,12H2,1H3,(H2,13,14,15). The van der Waals surface area contributed by atoms with Crippen molar-refractivity contribution in [2.75, 3.05) is 30.3 Å². The molecule has 1 aromatic heterocycles. The summed E-state index contributed by atoms with van der Waals surface area (Å²) < 4.78 is 0. The Labute approximate surface area is 101 Å². The summed E-state index contributed by atoms with van der Waals surface area (Å²) in [6.07, 6.45) is 4.15. The second-order valence-electron chi connectivity index (χ2n) is 3.74. The van der Waals surface area contributed by atoms with E-state index in [9.17, 15) is 4.79 Å². The van der Waals surface area contributed by atoms with E-state index in [1.807, 2.05) is 4.90 Å². The zero-order valence-electron chi connectivity index (χ0n) is 10.1. The first-order valence-electron chi connectivity index (χ1n) is 5.75. The van der Waals surface area contributed by atoms with Crippen molar-refractivity contribution in [1.29, 1.82) is 0 Å². The van der Waals surface area contributed by atoms with Gasteiger partial charge in [0, 0.05) is 19.6 Å². The fourth-order valence-corrected chi connectivity index (χ4v) is 1.59. The fourth-order valence-electron chi connectivity index (χ4n) is 1.59. The van der Waals surface area contributed by atoms with E-state index >= 15 is 0 Å². The van der Waals surface area contributed by atoms with Gasteiger partial charge in [-0.1, -0.05) is 13.3 Å². The van der Waals surface area contributed by atoms with Crippen LogP contribution >= 0.6 is 0 Å². The number of nitrogens with two attached hydrogens (primary N) is 2. The van der Waals surface area contributed by atoms with Crippen LogP contribution in [0.25, 0.3) is 0 Å². The zero-order chi connectivity index (χ0) is 12.7. The van der Waals surface area contributed by atoms with E-state index in [2.05, 4.69) is 16.9 Å². The van der Waals surface area contributed by atoms with Gasteiger partial charge in [-0.2, -0.15) is 0 Å². The van der Waals surface area contributed by atoms with Gasteiger partial charge in [0.1, 0.15) is 18.0 Å². The van der Waals surface area contributed by atoms with Crippen molar-refractivity contribution in [3.63, 3.8) is 0 Å². The Morgan fingerprint density at radius 1 is 1.41 bits per heavy atom. The summed E-state index contributed by atoms with van der Waals surface area (Å²) in [6, 6.07) is 0. The van der Waals surface area contributed by atoms with Crippen LogP contribution in [0.2, 0.25) is 0 Å². The molecule has 17 heavy (non-hydrogen) atoms. The van der Waals surface area contributed by atoms with Crippen LogP contribution in [-0.4, -0.2) is 35.9 Å². The summed E-state index contributed by atoms with van der Waals surface area (Å²) in [5.41, 5.74) is 11.6. The van der Waals surface area contributed by atoms with Crippen LogP contribution in [0.15, 0.2) is 6.33 Å². The highest BCUT2D eigenvalue weighted by atomic mass is 16.1. The Hall–Kier alpha value is -1.69. The van der Waals surface area contributed by atoms with Gasteiger partial charge in [-0.15, -0.1) is 0 Å². The molecule has 94 valence electrons. The molecule has 0 aliphatic carbocycles. The summed E-state index contributed by atoms with van der Waals surface area (Å²) in [5, 5.41) is 0. The monoisotopic (exact) mass is 237 g/mol. The normalized spacial score (nSPS) is 10.2. The highest BCUT2D eigenvalue weighted by molar-refractivity contribution is 5.88. The molecule has 6 nitrogen and oxygen atoms in total. The zero-order valence-corrected chi connectivity index (χ0v) is 10.1. The van der Waals surface area contributed by atoms with Crippen molar-refractivity contribution < 1.29 is 4.79 Å². The van der Waals surface area contributed by atoms with Crippen molar-refractivity contribution in [3.8, 4) is 0 Å². The van der Waals surface area contributed by atoms with E-state index in [1.54, 1.807) is 0 Å². The third-order valence-electron chi connectivity index (χ3n) is 2.49. The van der Waals surface area contributed by atoms with Gasteiger partial charge in [-0.3, -0.25) is 4.79 Å². The first-order valence-corrected chi connectivity index (χ1v) is 5.75. The van der Waals surface area contributed by atoms with Crippen LogP contribution in [0.4, 0.5) is 11.6 Å². The lowest BCUT2D eigenvalue weighted by Crippen LogP contribution is -2.32. The Kier molecular flexibility index (Phi) is 5.35. The lowest BCUT2D eigenvalue weighted by atomic mass is 10.2. The van der Waals surface area contributed by atoms with Crippen LogP contribution in [0.1, 0.15) is 30.1 Å². The van der Waals surface area contributed by atoms with Crippen LogP contribution < -0.4 is 16.4 Å². The third-order valence-corrected chi connectivity index (χ3v) is 2.49. The molecule has 0 spiro atoms. The molecule has 0 saturated carbocycles. The topological polar surface area (TPSA) is 98.1 Å². The Morgan fingerprint density at radius 3 is 2.76 bits per heavy atom. The number of aldehydes is 1. The van der Waals surface area contributed by atoms with E-state index in [0.717, 1.165) is 19.4 Å². The van der Waals surface area contributed by atoms with E-state index in [1.165, 1.54) is 6.33 Å². The van der Waals surface area contributed by atoms with Gasteiger partial charge in [0.15, 0.2) is 6.29 Å². The Morgan fingerprint density at radius 2 is 2.18 bits per heavy atom. The lowest BCUT2D eigenvalue weighted by Gasteiger charge is -2.24. The van der Waals surface area contributed by atoms with Crippen LogP contribution in [-0.2, 0) is 0 Å². The van der Waals surface area contributed by atoms with Crippen LogP contribution in [0.3, 0.4) is 0 Å². The van der Waals surface area contributed by atoms with Crippen molar-refractivity contribution in [2.45, 2.75) is 19.8 Å². The predicted octanol–water partition coefficient (Wildman–Crippen LogP) is 0.437. The maximum atomic E-state index is 11.0. The molecule has 1 rings (SSSR count). The summed E-state index contributed by atoms with van der Waals surface area (Å²) in [5.74, 6) is 0.787. The molecule has 0 aliphatic rings. The second kappa shape index (κ2) is 6.80. The van der Waals surface area contributed by atoms with E-state index in [0.29, 0.717) is 30.8 Å². The van der Waals surface area contributed by atoms with E-state index in [4.69, 9.17) is 11.5 Å². The number of carbonyl (C=O) groups excluding carboxylic acids is 1. The summed E-state index contributed by atoms with van der Waals surface area (Å²) in [4.78, 5) is 20.9. The van der Waals surface area contributed by atoms with E-state index in [-0.39, 0.29) is 5.82 Å². The maximum absolute atomic E-state index is 11.0. The fraction of sp³-hybridized carbons (Fsp3) is 0.545. The molecule has 0 amide bonds. The van der Waals surface area contributed by atoms with Gasteiger partial charge < -0.3 is 16.4 Å². The van der Waals surface area contributed by atoms with Gasteiger partial charge >= 0.3 is 0 Å². The molecular formula is C11H19N5O. The smallest absolute Gasteiger partial charge is 0.157 e. The van der Waals surface area contributed by atoms with Gasteiger partial charge in [0.2, 0.25) is 0 Å². The lowest BCUT2D eigenvalue weighted by molar-refractivity contribution is 0.112. The minimum atomic E-state index is 0.212. The van der Waals surface area contributed by atoms with Crippen molar-refractivity contribution in [2.24, 2.45) is 5.73 Å². The van der Waals surface area contributed by atoms with Gasteiger partial charge in [0.25, 0.3) is 0 Å². The number of carbonyl (C=O) groups is 1. The van der Waals surface area contributed by atoms with Crippen LogP contribution in [0.5, 0.6) is 0 Å². The van der Waals surface area contributed by atoms with E-state index < -0.39 is 0 Å². The molecule has 0 aromatic carbocycles. The van der Waals surface area contributed by atoms with Crippen molar-refractivity contribution in [3.05, 3.63) is 11.9 Å². The molecule has 4 N–H and O–H groups in total. The number of anilines is 2. The second-order valence-corrected chi connectivity index (χ2v) is 3.74. The van der Waals surface area contributed by atoms with Crippen molar-refractivity contribution >= 4 is 17.9 Å². The summed E-state index contributed by atoms with van der Waals surface area (Å²) in [7, 11) is 0. The number of nitrogens with zero attached hydrogens (tertiary/aromatic N) is 3. The first kappa shape index (κ1) is 13.4. The maximum Gasteiger partial charge on any atom is 0.157 e. The summed E-state index contributed by atoms with van der Waals surface area (Å²) in [6.45, 7) is 4.07. The number of hydrogen-bond donors (Lipinski definition) is 2. The molecule has 0 atom stereocenters. The van der Waals surface area contributed by atoms with Crippen LogP contribution in [0, 0.1) is 0 Å². The number of aromatic nitrogens is 2. The molecular weight excluding hydrogens is 218 g/mol. The molecule has 0 saturated heterocycles. The molecule has 1 heterocycles. The average Bonchev–Trinajstić information content (AvgIpc) is 2.34. The Bertz CT molecular complexity index is 369. The molecule has 0 unspecified atom stereocenters. The minimum Gasteiger partial charge on any atom is -0.383 e. The third kappa shape index (κ3) is 3.39. The minimum absolute atomic E-state index is 0.212. The highest BCUT2D eigenvalue weighted by Crippen LogP contribution is 2.19. The quantitative estimate of drug-likeness (QED) is 0.667. The number of rotatable bonds is 7. The average molecular weight is 237 g/mol. The highest BCUT2D eigenvalue weighted by Gasteiger charge is 2.14. The predicted molar refractivity (Wildman–Crippen MR) is 68.0 cm³/mol. The molecule has 6 heteroatoms. The SMILES string of the molecule is CCCCN(CCN)c1ncnc(N)c1C=O. The number of hydrogen-bond acceptors (Lipinski definition) is 6. The summed E-state index contributed by atoms with van der Waals surface area (Å²) >= 11 is 0. The number of unbranched alkanes of at least 4 members (excludes halogenated alkanes) is 1. The molecule has 0 aliphatic heterocycles. The largest absolute Gasteiger partial charge is 0.383 e. The molecule has 0 bridgehead atoms. The molecule has 0 radical (unpaired) electrons. The van der Waals surface area contributed by atoms with Gasteiger partial charge in [0.05, 0.1) is 5.56 Å². The molecule has 1 aromatic rings. The Balaban J connectivity index is 2.99. The molecule has 0 fully saturated rings. The first-order chi connectivity index (χ1) is 8.24. The van der Waals surface area contributed by atoms with Crippen molar-refractivity contribution in [1.82, 2.24) is 9.97 Å². The van der Waals surface area contributed by atoms with Gasteiger partial charge in [-0.05, 0) is 6.42 Å².